The second kappa shape index (κ2) is 7.31. The van der Waals surface area contributed by atoms with Crippen LogP contribution in [0.3, 0.4) is 0 Å². The number of nitrogens with zero attached hydrogens (tertiary/aromatic N) is 1. The highest BCUT2D eigenvalue weighted by molar-refractivity contribution is 6.18. The Balaban J connectivity index is 1.71. The second-order valence-electron chi connectivity index (χ2n) is 9.08. The molecule has 0 aliphatic heterocycles. The molecule has 2 nitrogen and oxygen atoms in total. The second-order valence-corrected chi connectivity index (χ2v) is 9.08. The van der Waals surface area contributed by atoms with Gasteiger partial charge in [0.1, 0.15) is 18.2 Å². The lowest BCUT2D eigenvalue weighted by Gasteiger charge is -2.10. The van der Waals surface area contributed by atoms with Crippen molar-refractivity contribution in [3.8, 4) is 22.4 Å². The highest BCUT2D eigenvalue weighted by Crippen LogP contribution is 2.41. The Morgan fingerprint density at radius 3 is 2.09 bits per heavy atom. The average Bonchev–Trinajstić information content (AvgIpc) is 3.19. The van der Waals surface area contributed by atoms with Crippen LogP contribution in [0.15, 0.2) is 89.5 Å². The first-order valence-corrected chi connectivity index (χ1v) is 11.4. The van der Waals surface area contributed by atoms with Crippen LogP contribution in [-0.4, -0.2) is 0 Å². The van der Waals surface area contributed by atoms with Gasteiger partial charge in [0.25, 0.3) is 0 Å². The number of fused-ring (bicyclic) bond motifs is 5. The van der Waals surface area contributed by atoms with Crippen molar-refractivity contribution in [1.82, 2.24) is 0 Å². The zero-order valence-electron chi connectivity index (χ0n) is 19.4. The molecule has 33 heavy (non-hydrogen) atoms. The van der Waals surface area contributed by atoms with Crippen molar-refractivity contribution in [2.45, 2.75) is 20.8 Å². The number of aromatic nitrogens is 1. The van der Waals surface area contributed by atoms with Gasteiger partial charge >= 0.3 is 0 Å². The molecule has 0 amide bonds. The van der Waals surface area contributed by atoms with E-state index >= 15 is 0 Å². The predicted octanol–water partition coefficient (Wildman–Crippen LogP) is 7.82. The summed E-state index contributed by atoms with van der Waals surface area (Å²) in [4.78, 5) is 0. The minimum Gasteiger partial charge on any atom is -0.454 e. The monoisotopic (exact) mass is 428 g/mol. The lowest BCUT2D eigenvalue weighted by atomic mass is 9.95. The maximum Gasteiger partial charge on any atom is 0.216 e. The van der Waals surface area contributed by atoms with Gasteiger partial charge in [0.2, 0.25) is 5.69 Å². The van der Waals surface area contributed by atoms with E-state index in [1.807, 2.05) is 0 Å². The number of rotatable bonds is 2. The fourth-order valence-electron chi connectivity index (χ4n) is 5.22. The largest absolute Gasteiger partial charge is 0.454 e. The van der Waals surface area contributed by atoms with Gasteiger partial charge in [-0.05, 0) is 54.5 Å². The van der Waals surface area contributed by atoms with E-state index in [-0.39, 0.29) is 0 Å². The molecule has 0 bridgehead atoms. The van der Waals surface area contributed by atoms with Crippen molar-refractivity contribution >= 4 is 32.7 Å². The molecule has 6 rings (SSSR count). The summed E-state index contributed by atoms with van der Waals surface area (Å²) in [6.45, 7) is 6.53. The van der Waals surface area contributed by atoms with Gasteiger partial charge in [-0.1, -0.05) is 66.7 Å². The van der Waals surface area contributed by atoms with Crippen LogP contribution in [0.2, 0.25) is 0 Å². The third-order valence-electron chi connectivity index (χ3n) is 6.88. The molecular formula is C31H26NO+. The number of benzene rings is 4. The third-order valence-corrected chi connectivity index (χ3v) is 6.88. The normalized spacial score (nSPS) is 11.6. The zero-order valence-corrected chi connectivity index (χ0v) is 19.4. The summed E-state index contributed by atoms with van der Waals surface area (Å²) in [6, 6.07) is 28.1. The standard InChI is InChI=1S/C31H26NO/c1-19-14-15-25-27-16-20(2)23-12-8-9-13-24(23)30(27)33-31(25)29(19)28-17-26(21(3)18-32(28)4)22-10-6-5-7-11-22/h5-18H,1-4H3/q+1. The molecular weight excluding hydrogens is 402 g/mol. The summed E-state index contributed by atoms with van der Waals surface area (Å²) in [5.74, 6) is 0. The van der Waals surface area contributed by atoms with E-state index in [2.05, 4.69) is 117 Å². The molecule has 0 aliphatic rings. The first kappa shape index (κ1) is 19.8. The fraction of sp³-hybridized carbons (Fsp3) is 0.129. The van der Waals surface area contributed by atoms with Gasteiger partial charge in [-0.2, -0.15) is 0 Å². The Bertz CT molecular complexity index is 1690. The van der Waals surface area contributed by atoms with Crippen LogP contribution in [0.4, 0.5) is 0 Å². The van der Waals surface area contributed by atoms with Crippen molar-refractivity contribution in [2.24, 2.45) is 7.05 Å². The highest BCUT2D eigenvalue weighted by atomic mass is 16.3. The Morgan fingerprint density at radius 2 is 1.30 bits per heavy atom. The maximum atomic E-state index is 6.70. The van der Waals surface area contributed by atoms with Crippen molar-refractivity contribution < 1.29 is 8.98 Å². The van der Waals surface area contributed by atoms with E-state index < -0.39 is 0 Å². The molecule has 0 aliphatic carbocycles. The van der Waals surface area contributed by atoms with E-state index in [0.29, 0.717) is 0 Å². The van der Waals surface area contributed by atoms with Crippen molar-refractivity contribution in [1.29, 1.82) is 0 Å². The molecule has 160 valence electrons. The Hall–Kier alpha value is -3.91. The molecule has 0 radical (unpaired) electrons. The predicted molar refractivity (Wildman–Crippen MR) is 137 cm³/mol. The molecule has 0 saturated carbocycles. The van der Waals surface area contributed by atoms with Crippen LogP contribution in [0.5, 0.6) is 0 Å². The average molecular weight is 429 g/mol. The molecule has 0 fully saturated rings. The summed E-state index contributed by atoms with van der Waals surface area (Å²) in [6.07, 6.45) is 2.22. The van der Waals surface area contributed by atoms with Gasteiger partial charge in [-0.15, -0.1) is 0 Å². The van der Waals surface area contributed by atoms with Crippen LogP contribution in [-0.2, 0) is 7.05 Å². The van der Waals surface area contributed by atoms with Crippen LogP contribution in [0.1, 0.15) is 16.7 Å². The van der Waals surface area contributed by atoms with Crippen LogP contribution < -0.4 is 4.57 Å². The SMILES string of the molecule is Cc1c[n+](C)c(-c2c(C)ccc3c2oc2c4ccccc4c(C)cc32)cc1-c1ccccc1. The first-order chi connectivity index (χ1) is 16.0. The number of pyridine rings is 1. The molecule has 2 aromatic heterocycles. The minimum atomic E-state index is 0.958. The molecule has 0 saturated heterocycles. The zero-order chi connectivity index (χ0) is 22.7. The van der Waals surface area contributed by atoms with Gasteiger partial charge in [-0.25, -0.2) is 4.57 Å². The maximum absolute atomic E-state index is 6.70. The summed E-state index contributed by atoms with van der Waals surface area (Å²) in [5.41, 5.74) is 10.5. The summed E-state index contributed by atoms with van der Waals surface area (Å²) >= 11 is 0. The van der Waals surface area contributed by atoms with Gasteiger partial charge in [-0.3, -0.25) is 0 Å². The van der Waals surface area contributed by atoms with Gasteiger partial charge in [0, 0.05) is 27.8 Å². The van der Waals surface area contributed by atoms with Gasteiger partial charge < -0.3 is 4.42 Å². The quantitative estimate of drug-likeness (QED) is 0.257. The summed E-state index contributed by atoms with van der Waals surface area (Å²) in [7, 11) is 2.12. The Labute approximate surface area is 193 Å². The number of hydrogen-bond donors (Lipinski definition) is 0. The van der Waals surface area contributed by atoms with Crippen molar-refractivity contribution in [3.63, 3.8) is 0 Å². The van der Waals surface area contributed by atoms with Gasteiger partial charge in [0.05, 0.1) is 5.56 Å². The molecule has 4 aromatic carbocycles. The fourth-order valence-corrected chi connectivity index (χ4v) is 5.22. The number of aryl methyl sites for hydroxylation is 4. The van der Waals surface area contributed by atoms with E-state index in [1.54, 1.807) is 0 Å². The van der Waals surface area contributed by atoms with E-state index in [1.165, 1.54) is 49.4 Å². The lowest BCUT2D eigenvalue weighted by molar-refractivity contribution is -0.660. The Morgan fingerprint density at radius 1 is 0.606 bits per heavy atom. The van der Waals surface area contributed by atoms with Crippen molar-refractivity contribution in [3.05, 3.63) is 102 Å². The molecule has 2 heteroatoms. The lowest BCUT2D eigenvalue weighted by Crippen LogP contribution is -2.31. The molecule has 2 heterocycles. The minimum absolute atomic E-state index is 0.958. The number of hydrogen-bond acceptors (Lipinski definition) is 1. The van der Waals surface area contributed by atoms with Crippen LogP contribution >= 0.6 is 0 Å². The van der Waals surface area contributed by atoms with Crippen LogP contribution in [0.25, 0.3) is 55.1 Å². The molecule has 0 atom stereocenters. The number of furan rings is 1. The van der Waals surface area contributed by atoms with Crippen LogP contribution in [0, 0.1) is 20.8 Å². The first-order valence-electron chi connectivity index (χ1n) is 11.4. The highest BCUT2D eigenvalue weighted by Gasteiger charge is 2.23. The van der Waals surface area contributed by atoms with E-state index in [4.69, 9.17) is 4.42 Å². The molecule has 6 aromatic rings. The van der Waals surface area contributed by atoms with E-state index in [0.717, 1.165) is 22.4 Å². The topological polar surface area (TPSA) is 17.0 Å². The Kier molecular flexibility index (Phi) is 4.38. The third kappa shape index (κ3) is 2.98. The van der Waals surface area contributed by atoms with E-state index in [9.17, 15) is 0 Å². The molecule has 0 N–H and O–H groups in total. The summed E-state index contributed by atoms with van der Waals surface area (Å²) < 4.78 is 8.93. The molecule has 0 unspecified atom stereocenters. The smallest absolute Gasteiger partial charge is 0.216 e. The van der Waals surface area contributed by atoms with Gasteiger partial charge in [0.15, 0.2) is 6.20 Å². The van der Waals surface area contributed by atoms with Crippen molar-refractivity contribution in [2.75, 3.05) is 0 Å². The summed E-state index contributed by atoms with van der Waals surface area (Å²) in [5, 5.41) is 4.77. The molecule has 0 spiro atoms.